The lowest BCUT2D eigenvalue weighted by molar-refractivity contribution is 0.0671. The molecule has 0 aromatic heterocycles. The van der Waals surface area contributed by atoms with E-state index in [1.54, 1.807) is 23.1 Å². The number of carbonyl (C=O) groups is 1. The van der Waals surface area contributed by atoms with E-state index in [4.69, 9.17) is 8.92 Å². The Balaban J connectivity index is 2.34. The summed E-state index contributed by atoms with van der Waals surface area (Å²) in [5.74, 6) is 0.357. The monoisotopic (exact) mass is 419 g/mol. The molecule has 1 atom stereocenters. The number of methoxy groups -OCH3 is 1. The summed E-state index contributed by atoms with van der Waals surface area (Å²) in [5.41, 5.74) is 2.56. The summed E-state index contributed by atoms with van der Waals surface area (Å²) < 4.78 is 33.4. The van der Waals surface area contributed by atoms with Gasteiger partial charge in [0.2, 0.25) is 0 Å². The van der Waals surface area contributed by atoms with E-state index in [0.29, 0.717) is 17.9 Å². The third-order valence-corrected chi connectivity index (χ3v) is 5.30. The van der Waals surface area contributed by atoms with Crippen molar-refractivity contribution in [1.29, 1.82) is 0 Å². The third kappa shape index (κ3) is 6.22. The molecular formula is C22H29NO5S. The first-order valence-electron chi connectivity index (χ1n) is 9.64. The second-order valence-electron chi connectivity index (χ2n) is 7.01. The van der Waals surface area contributed by atoms with E-state index in [1.807, 2.05) is 38.1 Å². The van der Waals surface area contributed by atoms with Crippen LogP contribution in [0.4, 0.5) is 0 Å². The molecule has 7 heteroatoms. The fourth-order valence-electron chi connectivity index (χ4n) is 2.94. The number of hydrogen-bond acceptors (Lipinski definition) is 5. The van der Waals surface area contributed by atoms with Crippen molar-refractivity contribution in [2.24, 2.45) is 0 Å². The third-order valence-electron chi connectivity index (χ3n) is 4.81. The van der Waals surface area contributed by atoms with Gasteiger partial charge in [-0.2, -0.15) is 8.42 Å². The minimum Gasteiger partial charge on any atom is -0.493 e. The van der Waals surface area contributed by atoms with Crippen molar-refractivity contribution < 1.29 is 22.1 Å². The summed E-state index contributed by atoms with van der Waals surface area (Å²) in [6.45, 7) is 6.42. The smallest absolute Gasteiger partial charge is 0.306 e. The molecule has 0 heterocycles. The molecule has 0 aliphatic heterocycles. The van der Waals surface area contributed by atoms with Crippen LogP contribution < -0.4 is 8.92 Å². The van der Waals surface area contributed by atoms with Crippen LogP contribution in [-0.2, 0) is 23.1 Å². The van der Waals surface area contributed by atoms with Gasteiger partial charge in [-0.1, -0.05) is 32.0 Å². The van der Waals surface area contributed by atoms with Crippen molar-refractivity contribution in [2.45, 2.75) is 46.2 Å². The van der Waals surface area contributed by atoms with E-state index in [0.717, 1.165) is 24.7 Å². The molecule has 0 bridgehead atoms. The molecule has 0 aliphatic rings. The molecule has 2 aromatic carbocycles. The molecule has 0 radical (unpaired) electrons. The van der Waals surface area contributed by atoms with Crippen LogP contribution in [0.1, 0.15) is 48.7 Å². The fourth-order valence-corrected chi connectivity index (χ4v) is 3.40. The van der Waals surface area contributed by atoms with Crippen molar-refractivity contribution >= 4 is 16.0 Å². The Morgan fingerprint density at radius 2 is 1.66 bits per heavy atom. The molecule has 6 nitrogen and oxygen atoms in total. The molecule has 0 fully saturated rings. The molecular weight excluding hydrogens is 390 g/mol. The number of aryl methyl sites for hydroxylation is 1. The molecule has 1 amide bonds. The highest BCUT2D eigenvalue weighted by Gasteiger charge is 2.22. The van der Waals surface area contributed by atoms with Gasteiger partial charge in [0.1, 0.15) is 0 Å². The van der Waals surface area contributed by atoms with Crippen LogP contribution in [0.2, 0.25) is 0 Å². The van der Waals surface area contributed by atoms with E-state index < -0.39 is 10.1 Å². The van der Waals surface area contributed by atoms with Crippen molar-refractivity contribution in [3.8, 4) is 11.5 Å². The topological polar surface area (TPSA) is 72.9 Å². The predicted octanol–water partition coefficient (Wildman–Crippen LogP) is 4.04. The summed E-state index contributed by atoms with van der Waals surface area (Å²) in [6.07, 6.45) is 2.69. The first-order valence-corrected chi connectivity index (χ1v) is 11.5. The van der Waals surface area contributed by atoms with Crippen LogP contribution >= 0.6 is 0 Å². The molecule has 0 saturated carbocycles. The Bertz CT molecular complexity index is 938. The molecule has 29 heavy (non-hydrogen) atoms. The number of ether oxygens (including phenoxy) is 1. The minimum atomic E-state index is -3.70. The number of benzene rings is 2. The lowest BCUT2D eigenvalue weighted by Gasteiger charge is -2.29. The molecule has 2 aromatic rings. The summed E-state index contributed by atoms with van der Waals surface area (Å²) in [5, 5.41) is 0. The van der Waals surface area contributed by atoms with Crippen molar-refractivity contribution in [3.63, 3.8) is 0 Å². The van der Waals surface area contributed by atoms with E-state index in [9.17, 15) is 13.2 Å². The second-order valence-corrected chi connectivity index (χ2v) is 8.59. The van der Waals surface area contributed by atoms with Crippen molar-refractivity contribution in [3.05, 3.63) is 59.2 Å². The molecule has 158 valence electrons. The molecule has 0 aliphatic carbocycles. The van der Waals surface area contributed by atoms with Crippen LogP contribution in [-0.4, -0.2) is 38.6 Å². The zero-order valence-corrected chi connectivity index (χ0v) is 18.5. The highest BCUT2D eigenvalue weighted by Crippen LogP contribution is 2.30. The number of carbonyl (C=O) groups excluding carboxylic acids is 1. The maximum absolute atomic E-state index is 13.2. The molecule has 2 rings (SSSR count). The highest BCUT2D eigenvalue weighted by molar-refractivity contribution is 7.86. The Kier molecular flexibility index (Phi) is 7.67. The van der Waals surface area contributed by atoms with Gasteiger partial charge in [0.05, 0.1) is 13.4 Å². The largest absolute Gasteiger partial charge is 0.493 e. The Hall–Kier alpha value is -2.54. The Morgan fingerprint density at radius 3 is 2.17 bits per heavy atom. The number of amides is 1. The second kappa shape index (κ2) is 9.78. The summed E-state index contributed by atoms with van der Waals surface area (Å²) >= 11 is 0. The van der Waals surface area contributed by atoms with Gasteiger partial charge in [0, 0.05) is 18.2 Å². The first kappa shape index (κ1) is 22.7. The van der Waals surface area contributed by atoms with Crippen LogP contribution in [0.25, 0.3) is 0 Å². The molecule has 0 N–H and O–H groups in total. The maximum Gasteiger partial charge on any atom is 0.306 e. The number of rotatable bonds is 9. The van der Waals surface area contributed by atoms with Gasteiger partial charge >= 0.3 is 10.1 Å². The van der Waals surface area contributed by atoms with Crippen molar-refractivity contribution in [2.75, 3.05) is 13.4 Å². The van der Waals surface area contributed by atoms with Crippen LogP contribution in [0, 0.1) is 0 Å². The SMILES string of the molecule is CCc1ccc(C(=O)N(Cc2ccc(OC)c(OS(C)(=O)=O)c2)C(C)CC)cc1. The summed E-state index contributed by atoms with van der Waals surface area (Å²) in [6, 6.07) is 12.7. The normalized spacial score (nSPS) is 12.3. The fraction of sp³-hybridized carbons (Fsp3) is 0.409. The van der Waals surface area contributed by atoms with E-state index in [1.165, 1.54) is 12.7 Å². The van der Waals surface area contributed by atoms with Crippen LogP contribution in [0.15, 0.2) is 42.5 Å². The van der Waals surface area contributed by atoms with Gasteiger partial charge in [-0.3, -0.25) is 4.79 Å². The van der Waals surface area contributed by atoms with Gasteiger partial charge in [-0.05, 0) is 55.2 Å². The van der Waals surface area contributed by atoms with E-state index in [-0.39, 0.29) is 17.7 Å². The lowest BCUT2D eigenvalue weighted by Crippen LogP contribution is -2.37. The number of nitrogens with zero attached hydrogens (tertiary/aromatic N) is 1. The van der Waals surface area contributed by atoms with Gasteiger partial charge in [-0.25, -0.2) is 0 Å². The zero-order chi connectivity index (χ0) is 21.6. The Morgan fingerprint density at radius 1 is 1.03 bits per heavy atom. The maximum atomic E-state index is 13.2. The summed E-state index contributed by atoms with van der Waals surface area (Å²) in [7, 11) is -2.26. The molecule has 1 unspecified atom stereocenters. The number of hydrogen-bond donors (Lipinski definition) is 0. The van der Waals surface area contributed by atoms with E-state index in [2.05, 4.69) is 6.92 Å². The van der Waals surface area contributed by atoms with Gasteiger partial charge in [0.15, 0.2) is 11.5 Å². The summed E-state index contributed by atoms with van der Waals surface area (Å²) in [4.78, 5) is 14.9. The van der Waals surface area contributed by atoms with E-state index >= 15 is 0 Å². The van der Waals surface area contributed by atoms with Gasteiger partial charge in [-0.15, -0.1) is 0 Å². The first-order chi connectivity index (χ1) is 13.7. The molecule has 0 saturated heterocycles. The molecule has 0 spiro atoms. The quantitative estimate of drug-likeness (QED) is 0.574. The standard InChI is InChI=1S/C22H29NO5S/c1-6-16(3)23(22(24)19-11-8-17(7-2)9-12-19)15-18-10-13-20(27-4)21(14-18)28-29(5,25)26/h8-14,16H,6-7,15H2,1-5H3. The van der Waals surface area contributed by atoms with Crippen LogP contribution in [0.3, 0.4) is 0 Å². The highest BCUT2D eigenvalue weighted by atomic mass is 32.2. The Labute approximate surface area is 173 Å². The minimum absolute atomic E-state index is 0.00901. The predicted molar refractivity (Wildman–Crippen MR) is 114 cm³/mol. The zero-order valence-electron chi connectivity index (χ0n) is 17.6. The van der Waals surface area contributed by atoms with Gasteiger partial charge < -0.3 is 13.8 Å². The average Bonchev–Trinajstić information content (AvgIpc) is 2.70. The lowest BCUT2D eigenvalue weighted by atomic mass is 10.1. The van der Waals surface area contributed by atoms with Crippen LogP contribution in [0.5, 0.6) is 11.5 Å². The van der Waals surface area contributed by atoms with Crippen molar-refractivity contribution in [1.82, 2.24) is 4.90 Å². The average molecular weight is 420 g/mol. The van der Waals surface area contributed by atoms with Gasteiger partial charge in [0.25, 0.3) is 5.91 Å².